The lowest BCUT2D eigenvalue weighted by Crippen LogP contribution is -2.54. The van der Waals surface area contributed by atoms with Gasteiger partial charge in [-0.25, -0.2) is 0 Å². The van der Waals surface area contributed by atoms with Crippen molar-refractivity contribution in [2.45, 2.75) is 51.0 Å². The molecule has 0 saturated heterocycles. The molecule has 1 heterocycles. The molecule has 0 aliphatic heterocycles. The van der Waals surface area contributed by atoms with Gasteiger partial charge in [0.15, 0.2) is 0 Å². The molecular weight excluding hydrogens is 246 g/mol. The summed E-state index contributed by atoms with van der Waals surface area (Å²) in [5, 5.41) is 0. The smallest absolute Gasteiger partial charge is 0.0329 e. The van der Waals surface area contributed by atoms with E-state index < -0.39 is 0 Å². The third-order valence-corrected chi connectivity index (χ3v) is 5.26. The highest BCUT2D eigenvalue weighted by atomic mass is 15.2. The zero-order valence-electron chi connectivity index (χ0n) is 13.0. The lowest BCUT2D eigenvalue weighted by Gasteiger charge is -2.46. The second-order valence-electron chi connectivity index (χ2n) is 6.31. The van der Waals surface area contributed by atoms with Gasteiger partial charge >= 0.3 is 0 Å². The topological polar surface area (TPSA) is 42.1 Å². The van der Waals surface area contributed by atoms with Gasteiger partial charge in [0.05, 0.1) is 0 Å². The molecule has 1 aliphatic rings. The monoisotopic (exact) mass is 275 g/mol. The van der Waals surface area contributed by atoms with E-state index in [4.69, 9.17) is 5.73 Å². The Labute approximate surface area is 123 Å². The van der Waals surface area contributed by atoms with Crippen molar-refractivity contribution < 1.29 is 0 Å². The third-order valence-electron chi connectivity index (χ3n) is 5.26. The molecule has 0 bridgehead atoms. The summed E-state index contributed by atoms with van der Waals surface area (Å²) in [4.78, 5) is 6.70. The minimum Gasteiger partial charge on any atom is -0.329 e. The second kappa shape index (κ2) is 7.19. The largest absolute Gasteiger partial charge is 0.329 e. The van der Waals surface area contributed by atoms with Crippen LogP contribution in [0.4, 0.5) is 0 Å². The minimum atomic E-state index is 0.230. The molecule has 112 valence electrons. The highest BCUT2D eigenvalue weighted by molar-refractivity contribution is 5.09. The summed E-state index contributed by atoms with van der Waals surface area (Å²) in [7, 11) is 2.25. The van der Waals surface area contributed by atoms with Crippen molar-refractivity contribution in [3.05, 3.63) is 30.1 Å². The first-order chi connectivity index (χ1) is 9.70. The van der Waals surface area contributed by atoms with E-state index in [0.29, 0.717) is 0 Å². The Morgan fingerprint density at radius 1 is 1.40 bits per heavy atom. The van der Waals surface area contributed by atoms with Gasteiger partial charge in [-0.3, -0.25) is 9.88 Å². The van der Waals surface area contributed by atoms with E-state index in [-0.39, 0.29) is 5.54 Å². The molecule has 0 aromatic carbocycles. The molecule has 1 aliphatic carbocycles. The fraction of sp³-hybridized carbons (Fsp3) is 0.706. The van der Waals surface area contributed by atoms with Crippen LogP contribution in [0.5, 0.6) is 0 Å². The molecule has 1 aromatic rings. The van der Waals surface area contributed by atoms with Crippen LogP contribution in [-0.2, 0) is 6.42 Å². The van der Waals surface area contributed by atoms with Gasteiger partial charge in [0, 0.05) is 31.0 Å². The van der Waals surface area contributed by atoms with Crippen molar-refractivity contribution in [3.63, 3.8) is 0 Å². The van der Waals surface area contributed by atoms with Crippen molar-refractivity contribution in [3.8, 4) is 0 Å². The molecule has 2 N–H and O–H groups in total. The van der Waals surface area contributed by atoms with Gasteiger partial charge in [0.1, 0.15) is 0 Å². The first-order valence-electron chi connectivity index (χ1n) is 8.00. The molecule has 0 spiro atoms. The van der Waals surface area contributed by atoms with Crippen molar-refractivity contribution in [1.29, 1.82) is 0 Å². The second-order valence-corrected chi connectivity index (χ2v) is 6.31. The number of hydrogen-bond acceptors (Lipinski definition) is 3. The molecule has 0 radical (unpaired) electrons. The van der Waals surface area contributed by atoms with Gasteiger partial charge < -0.3 is 5.73 Å². The average molecular weight is 275 g/mol. The summed E-state index contributed by atoms with van der Waals surface area (Å²) >= 11 is 0. The van der Waals surface area contributed by atoms with Gasteiger partial charge in [-0.05, 0) is 56.7 Å². The zero-order valence-corrected chi connectivity index (χ0v) is 13.0. The Morgan fingerprint density at radius 3 is 2.70 bits per heavy atom. The molecule has 1 fully saturated rings. The number of nitrogens with zero attached hydrogens (tertiary/aromatic N) is 2. The summed E-state index contributed by atoms with van der Waals surface area (Å²) in [5.74, 6) is 0.918. The van der Waals surface area contributed by atoms with Crippen LogP contribution in [0.2, 0.25) is 0 Å². The van der Waals surface area contributed by atoms with E-state index in [1.807, 2.05) is 18.5 Å². The first-order valence-corrected chi connectivity index (χ1v) is 8.00. The first kappa shape index (κ1) is 15.5. The van der Waals surface area contributed by atoms with Crippen LogP contribution in [0.25, 0.3) is 0 Å². The Kier molecular flexibility index (Phi) is 5.55. The van der Waals surface area contributed by atoms with Crippen LogP contribution in [-0.4, -0.2) is 35.6 Å². The lowest BCUT2D eigenvalue weighted by atomic mass is 9.74. The minimum absolute atomic E-state index is 0.230. The predicted octanol–water partition coefficient (Wildman–Crippen LogP) is 2.85. The lowest BCUT2D eigenvalue weighted by molar-refractivity contribution is 0.0650. The number of likely N-dealkylation sites (N-methyl/N-ethyl adjacent to an activating group) is 1. The van der Waals surface area contributed by atoms with Crippen molar-refractivity contribution in [1.82, 2.24) is 9.88 Å². The third kappa shape index (κ3) is 3.58. The van der Waals surface area contributed by atoms with E-state index in [1.165, 1.54) is 37.7 Å². The molecule has 0 amide bonds. The highest BCUT2D eigenvalue weighted by Crippen LogP contribution is 2.36. The SMILES string of the molecule is CCC1CCC(CN)(N(C)CCc2cccnc2)CC1. The van der Waals surface area contributed by atoms with Crippen LogP contribution in [0.1, 0.15) is 44.6 Å². The molecule has 20 heavy (non-hydrogen) atoms. The summed E-state index contributed by atoms with van der Waals surface area (Å²) in [6.45, 7) is 4.17. The quantitative estimate of drug-likeness (QED) is 0.868. The number of aromatic nitrogens is 1. The number of pyridine rings is 1. The Morgan fingerprint density at radius 2 is 2.15 bits per heavy atom. The number of hydrogen-bond donors (Lipinski definition) is 1. The molecule has 0 unspecified atom stereocenters. The molecule has 3 nitrogen and oxygen atoms in total. The average Bonchev–Trinajstić information content (AvgIpc) is 2.53. The normalized spacial score (nSPS) is 26.9. The maximum absolute atomic E-state index is 6.14. The van der Waals surface area contributed by atoms with Crippen LogP contribution in [0.15, 0.2) is 24.5 Å². The standard InChI is InChI=1S/C17H29N3/c1-3-15-6-9-17(14-18,10-7-15)20(2)12-8-16-5-4-11-19-13-16/h4-5,11,13,15H,3,6-10,12,14,18H2,1-2H3. The zero-order chi connectivity index (χ0) is 14.4. The summed E-state index contributed by atoms with van der Waals surface area (Å²) in [6, 6.07) is 4.17. The van der Waals surface area contributed by atoms with Gasteiger partial charge in [0.25, 0.3) is 0 Å². The fourth-order valence-electron chi connectivity index (χ4n) is 3.44. The Balaban J connectivity index is 1.90. The molecule has 1 saturated carbocycles. The van der Waals surface area contributed by atoms with Crippen LogP contribution < -0.4 is 5.73 Å². The van der Waals surface area contributed by atoms with E-state index in [0.717, 1.165) is 25.4 Å². The maximum atomic E-state index is 6.14. The Hall–Kier alpha value is -0.930. The summed E-state index contributed by atoms with van der Waals surface area (Å²) < 4.78 is 0. The van der Waals surface area contributed by atoms with E-state index >= 15 is 0 Å². The van der Waals surface area contributed by atoms with Gasteiger partial charge in [-0.15, -0.1) is 0 Å². The van der Waals surface area contributed by atoms with E-state index in [1.54, 1.807) is 0 Å². The van der Waals surface area contributed by atoms with Crippen molar-refractivity contribution in [2.24, 2.45) is 11.7 Å². The van der Waals surface area contributed by atoms with E-state index in [2.05, 4.69) is 29.9 Å². The summed E-state index contributed by atoms with van der Waals surface area (Å²) in [6.07, 6.45) is 11.4. The molecule has 1 aromatic heterocycles. The Bertz CT molecular complexity index is 382. The number of rotatable bonds is 6. The molecular formula is C17H29N3. The number of nitrogens with two attached hydrogens (primary N) is 1. The van der Waals surface area contributed by atoms with Crippen LogP contribution >= 0.6 is 0 Å². The van der Waals surface area contributed by atoms with Gasteiger partial charge in [0.2, 0.25) is 0 Å². The summed E-state index contributed by atoms with van der Waals surface area (Å²) in [5.41, 5.74) is 7.68. The van der Waals surface area contributed by atoms with Gasteiger partial charge in [-0.1, -0.05) is 19.4 Å². The maximum Gasteiger partial charge on any atom is 0.0329 e. The van der Waals surface area contributed by atoms with E-state index in [9.17, 15) is 0 Å². The predicted molar refractivity (Wildman–Crippen MR) is 84.6 cm³/mol. The van der Waals surface area contributed by atoms with Crippen molar-refractivity contribution in [2.75, 3.05) is 20.1 Å². The van der Waals surface area contributed by atoms with Crippen LogP contribution in [0.3, 0.4) is 0 Å². The van der Waals surface area contributed by atoms with Crippen LogP contribution in [0, 0.1) is 5.92 Å². The highest BCUT2D eigenvalue weighted by Gasteiger charge is 2.36. The molecule has 3 heteroatoms. The fourth-order valence-corrected chi connectivity index (χ4v) is 3.44. The van der Waals surface area contributed by atoms with Crippen molar-refractivity contribution >= 4 is 0 Å². The molecule has 2 rings (SSSR count). The molecule has 0 atom stereocenters. The van der Waals surface area contributed by atoms with Gasteiger partial charge in [-0.2, -0.15) is 0 Å².